The van der Waals surface area contributed by atoms with E-state index in [-0.39, 0.29) is 0 Å². The SMILES string of the molecule is Clc1ccccc1C/N=C/c1ccccn1. The van der Waals surface area contributed by atoms with Crippen LogP contribution in [0.25, 0.3) is 0 Å². The third-order valence-corrected chi connectivity index (χ3v) is 2.50. The van der Waals surface area contributed by atoms with Crippen LogP contribution in [-0.4, -0.2) is 11.2 Å². The largest absolute Gasteiger partial charge is 0.286 e. The molecule has 0 aliphatic heterocycles. The number of aromatic nitrogens is 1. The van der Waals surface area contributed by atoms with Crippen molar-refractivity contribution in [1.82, 2.24) is 4.98 Å². The highest BCUT2D eigenvalue weighted by Crippen LogP contribution is 2.15. The van der Waals surface area contributed by atoms with Gasteiger partial charge in [-0.05, 0) is 23.8 Å². The highest BCUT2D eigenvalue weighted by atomic mass is 35.5. The number of pyridine rings is 1. The average Bonchev–Trinajstić information content (AvgIpc) is 2.33. The maximum absolute atomic E-state index is 6.02. The lowest BCUT2D eigenvalue weighted by atomic mass is 10.2. The smallest absolute Gasteiger partial charge is 0.0807 e. The normalized spacial score (nSPS) is 10.8. The van der Waals surface area contributed by atoms with E-state index >= 15 is 0 Å². The van der Waals surface area contributed by atoms with Gasteiger partial charge in [-0.25, -0.2) is 0 Å². The maximum atomic E-state index is 6.02. The van der Waals surface area contributed by atoms with E-state index in [9.17, 15) is 0 Å². The van der Waals surface area contributed by atoms with E-state index in [1.807, 2.05) is 42.5 Å². The summed E-state index contributed by atoms with van der Waals surface area (Å²) in [6, 6.07) is 13.4. The molecule has 0 amide bonds. The van der Waals surface area contributed by atoms with Crippen LogP contribution in [0.1, 0.15) is 11.3 Å². The highest BCUT2D eigenvalue weighted by Gasteiger charge is 1.95. The predicted octanol–water partition coefficient (Wildman–Crippen LogP) is 3.35. The number of rotatable bonds is 3. The first-order chi connectivity index (χ1) is 7.86. The first-order valence-corrected chi connectivity index (χ1v) is 5.38. The third kappa shape index (κ3) is 2.91. The maximum Gasteiger partial charge on any atom is 0.0807 e. The molecule has 0 spiro atoms. The molecule has 0 fully saturated rings. The molecular weight excluding hydrogens is 220 g/mol. The monoisotopic (exact) mass is 230 g/mol. The van der Waals surface area contributed by atoms with Crippen molar-refractivity contribution in [2.45, 2.75) is 6.54 Å². The fourth-order valence-corrected chi connectivity index (χ4v) is 1.51. The van der Waals surface area contributed by atoms with Crippen LogP contribution < -0.4 is 0 Å². The van der Waals surface area contributed by atoms with Crippen molar-refractivity contribution in [3.8, 4) is 0 Å². The molecule has 0 aliphatic carbocycles. The lowest BCUT2D eigenvalue weighted by Crippen LogP contribution is -1.87. The van der Waals surface area contributed by atoms with E-state index < -0.39 is 0 Å². The van der Waals surface area contributed by atoms with Gasteiger partial charge in [0.15, 0.2) is 0 Å². The van der Waals surface area contributed by atoms with Gasteiger partial charge in [0.2, 0.25) is 0 Å². The molecule has 0 unspecified atom stereocenters. The first kappa shape index (κ1) is 10.8. The van der Waals surface area contributed by atoms with Crippen LogP contribution in [0.3, 0.4) is 0 Å². The lowest BCUT2D eigenvalue weighted by molar-refractivity contribution is 1.07. The third-order valence-electron chi connectivity index (χ3n) is 2.13. The molecule has 2 aromatic rings. The van der Waals surface area contributed by atoms with Crippen LogP contribution in [-0.2, 0) is 6.54 Å². The first-order valence-electron chi connectivity index (χ1n) is 5.00. The van der Waals surface area contributed by atoms with Crippen LogP contribution in [0.4, 0.5) is 0 Å². The van der Waals surface area contributed by atoms with Crippen LogP contribution in [0.5, 0.6) is 0 Å². The molecule has 1 heterocycles. The van der Waals surface area contributed by atoms with Crippen LogP contribution in [0.15, 0.2) is 53.7 Å². The topological polar surface area (TPSA) is 25.2 Å². The molecule has 80 valence electrons. The fraction of sp³-hybridized carbons (Fsp3) is 0.0769. The Morgan fingerprint density at radius 3 is 2.69 bits per heavy atom. The fourth-order valence-electron chi connectivity index (χ4n) is 1.32. The van der Waals surface area contributed by atoms with Gasteiger partial charge in [0.05, 0.1) is 12.2 Å². The predicted molar refractivity (Wildman–Crippen MR) is 67.0 cm³/mol. The minimum atomic E-state index is 0.580. The summed E-state index contributed by atoms with van der Waals surface area (Å²) in [7, 11) is 0. The summed E-state index contributed by atoms with van der Waals surface area (Å²) >= 11 is 6.02. The van der Waals surface area contributed by atoms with Gasteiger partial charge in [0.25, 0.3) is 0 Å². The van der Waals surface area contributed by atoms with E-state index in [4.69, 9.17) is 11.6 Å². The van der Waals surface area contributed by atoms with E-state index in [0.29, 0.717) is 6.54 Å². The van der Waals surface area contributed by atoms with Crippen molar-refractivity contribution >= 4 is 17.8 Å². The van der Waals surface area contributed by atoms with Crippen molar-refractivity contribution in [3.63, 3.8) is 0 Å². The second-order valence-electron chi connectivity index (χ2n) is 3.32. The molecule has 0 saturated carbocycles. The Balaban J connectivity index is 2.03. The minimum Gasteiger partial charge on any atom is -0.286 e. The van der Waals surface area contributed by atoms with Crippen LogP contribution in [0.2, 0.25) is 5.02 Å². The number of benzene rings is 1. The lowest BCUT2D eigenvalue weighted by Gasteiger charge is -1.98. The molecule has 1 aromatic heterocycles. The zero-order valence-corrected chi connectivity index (χ0v) is 9.43. The van der Waals surface area contributed by atoms with Crippen LogP contribution >= 0.6 is 11.6 Å². The molecule has 0 N–H and O–H groups in total. The molecule has 0 aliphatic rings. The minimum absolute atomic E-state index is 0.580. The Kier molecular flexibility index (Phi) is 3.67. The van der Waals surface area contributed by atoms with Crippen molar-refractivity contribution in [3.05, 3.63) is 64.9 Å². The van der Waals surface area contributed by atoms with Crippen molar-refractivity contribution in [2.24, 2.45) is 4.99 Å². The van der Waals surface area contributed by atoms with Gasteiger partial charge in [0.1, 0.15) is 0 Å². The molecule has 2 rings (SSSR count). The summed E-state index contributed by atoms with van der Waals surface area (Å²) in [4.78, 5) is 8.45. The summed E-state index contributed by atoms with van der Waals surface area (Å²) in [5.41, 5.74) is 1.88. The average molecular weight is 231 g/mol. The van der Waals surface area contributed by atoms with Crippen molar-refractivity contribution in [1.29, 1.82) is 0 Å². The Bertz CT molecular complexity index is 480. The van der Waals surface area contributed by atoms with Gasteiger partial charge in [-0.3, -0.25) is 9.98 Å². The highest BCUT2D eigenvalue weighted by molar-refractivity contribution is 6.31. The van der Waals surface area contributed by atoms with E-state index in [1.54, 1.807) is 12.4 Å². The van der Waals surface area contributed by atoms with Gasteiger partial charge >= 0.3 is 0 Å². The Morgan fingerprint density at radius 2 is 1.94 bits per heavy atom. The van der Waals surface area contributed by atoms with Gasteiger partial charge in [0, 0.05) is 17.4 Å². The second-order valence-corrected chi connectivity index (χ2v) is 3.72. The summed E-state index contributed by atoms with van der Waals surface area (Å²) < 4.78 is 0. The molecule has 0 radical (unpaired) electrons. The summed E-state index contributed by atoms with van der Waals surface area (Å²) in [6.45, 7) is 0.580. The van der Waals surface area contributed by atoms with Crippen LogP contribution in [0, 0.1) is 0 Å². The van der Waals surface area contributed by atoms with Gasteiger partial charge in [-0.15, -0.1) is 0 Å². The number of hydrogen-bond acceptors (Lipinski definition) is 2. The van der Waals surface area contributed by atoms with Gasteiger partial charge < -0.3 is 0 Å². The van der Waals surface area contributed by atoms with Crippen molar-refractivity contribution < 1.29 is 0 Å². The molecule has 16 heavy (non-hydrogen) atoms. The number of nitrogens with zero attached hydrogens (tertiary/aromatic N) is 2. The van der Waals surface area contributed by atoms with E-state index in [0.717, 1.165) is 16.3 Å². The summed E-state index contributed by atoms with van der Waals surface area (Å²) in [5.74, 6) is 0. The Morgan fingerprint density at radius 1 is 1.12 bits per heavy atom. The molecule has 1 aromatic carbocycles. The van der Waals surface area contributed by atoms with Gasteiger partial charge in [-0.2, -0.15) is 0 Å². The Labute approximate surface area is 99.6 Å². The quantitative estimate of drug-likeness (QED) is 0.743. The van der Waals surface area contributed by atoms with E-state index in [1.165, 1.54) is 0 Å². The zero-order chi connectivity index (χ0) is 11.2. The molecule has 3 heteroatoms. The van der Waals surface area contributed by atoms with Crippen molar-refractivity contribution in [2.75, 3.05) is 0 Å². The zero-order valence-electron chi connectivity index (χ0n) is 8.68. The van der Waals surface area contributed by atoms with Gasteiger partial charge in [-0.1, -0.05) is 35.9 Å². The number of halogens is 1. The number of hydrogen-bond donors (Lipinski definition) is 0. The number of aliphatic imine (C=N–C) groups is 1. The van der Waals surface area contributed by atoms with E-state index in [2.05, 4.69) is 9.98 Å². The summed E-state index contributed by atoms with van der Waals surface area (Å²) in [6.07, 6.45) is 3.50. The molecule has 0 bridgehead atoms. The second kappa shape index (κ2) is 5.42. The molecule has 0 saturated heterocycles. The molecule has 2 nitrogen and oxygen atoms in total. The summed E-state index contributed by atoms with van der Waals surface area (Å²) in [5, 5.41) is 0.751. The Hall–Kier alpha value is -1.67. The molecular formula is C13H11ClN2. The standard InChI is InChI=1S/C13H11ClN2/c14-13-7-2-1-5-11(13)9-15-10-12-6-3-4-8-16-12/h1-8,10H,9H2/b15-10+. The molecule has 0 atom stereocenters.